The van der Waals surface area contributed by atoms with E-state index in [2.05, 4.69) is 15.8 Å². The molecule has 0 aliphatic carbocycles. The average molecular weight is 225 g/mol. The van der Waals surface area contributed by atoms with Crippen molar-refractivity contribution in [3.63, 3.8) is 0 Å². The van der Waals surface area contributed by atoms with Crippen molar-refractivity contribution in [2.45, 2.75) is 20.8 Å². The third kappa shape index (κ3) is 3.72. The molecule has 2 N–H and O–H groups in total. The molecule has 6 heteroatoms. The van der Waals surface area contributed by atoms with E-state index in [-0.39, 0.29) is 5.82 Å². The normalized spacial score (nSPS) is 10.2. The van der Waals surface area contributed by atoms with Crippen LogP contribution in [0, 0.1) is 12.8 Å². The van der Waals surface area contributed by atoms with Crippen molar-refractivity contribution in [2.24, 2.45) is 5.92 Å². The zero-order chi connectivity index (χ0) is 12.1. The van der Waals surface area contributed by atoms with Gasteiger partial charge in [0.25, 0.3) is 0 Å². The van der Waals surface area contributed by atoms with Crippen LogP contribution in [0.3, 0.4) is 0 Å². The minimum Gasteiger partial charge on any atom is -0.360 e. The molecule has 0 unspecified atom stereocenters. The molecule has 0 aliphatic heterocycles. The summed E-state index contributed by atoms with van der Waals surface area (Å²) in [6, 6.07) is 1.54. The van der Waals surface area contributed by atoms with Gasteiger partial charge in [0.15, 0.2) is 5.82 Å². The highest BCUT2D eigenvalue weighted by atomic mass is 16.5. The Morgan fingerprint density at radius 1 is 1.44 bits per heavy atom. The Hall–Kier alpha value is -1.85. The number of hydrogen-bond acceptors (Lipinski definition) is 4. The summed E-state index contributed by atoms with van der Waals surface area (Å²) in [6.07, 6.45) is 0. The molecule has 16 heavy (non-hydrogen) atoms. The Kier molecular flexibility index (Phi) is 4.04. The fraction of sp³-hybridized carbons (Fsp3) is 0.500. The zero-order valence-electron chi connectivity index (χ0n) is 9.53. The Morgan fingerprint density at radius 3 is 2.62 bits per heavy atom. The van der Waals surface area contributed by atoms with Crippen LogP contribution in [0.25, 0.3) is 0 Å². The molecule has 0 bridgehead atoms. The first-order valence-electron chi connectivity index (χ1n) is 5.01. The minimum atomic E-state index is -0.742. The van der Waals surface area contributed by atoms with Crippen molar-refractivity contribution in [1.82, 2.24) is 10.5 Å². The van der Waals surface area contributed by atoms with Crippen LogP contribution >= 0.6 is 0 Å². The molecule has 0 spiro atoms. The summed E-state index contributed by atoms with van der Waals surface area (Å²) >= 11 is 0. The molecule has 0 saturated heterocycles. The molecule has 88 valence electrons. The lowest BCUT2D eigenvalue weighted by Crippen LogP contribution is -2.37. The Balaban J connectivity index is 2.43. The third-order valence-electron chi connectivity index (χ3n) is 1.75. The summed E-state index contributed by atoms with van der Waals surface area (Å²) in [4.78, 5) is 22.6. The van der Waals surface area contributed by atoms with Crippen molar-refractivity contribution in [3.05, 3.63) is 11.8 Å². The predicted molar refractivity (Wildman–Crippen MR) is 57.7 cm³/mol. The first kappa shape index (κ1) is 12.2. The van der Waals surface area contributed by atoms with Crippen LogP contribution in [0.15, 0.2) is 10.6 Å². The molecule has 1 aromatic rings. The number of nitrogens with zero attached hydrogens (tertiary/aromatic N) is 1. The molecule has 1 heterocycles. The van der Waals surface area contributed by atoms with E-state index in [4.69, 9.17) is 4.52 Å². The van der Waals surface area contributed by atoms with E-state index in [9.17, 15) is 9.59 Å². The number of anilines is 1. The SMILES string of the molecule is Cc1cc(NC(=O)C(=O)NCC(C)C)no1. The summed E-state index contributed by atoms with van der Waals surface area (Å²) in [5.41, 5.74) is 0. The quantitative estimate of drug-likeness (QED) is 0.741. The largest absolute Gasteiger partial charge is 0.360 e. The third-order valence-corrected chi connectivity index (χ3v) is 1.75. The van der Waals surface area contributed by atoms with Gasteiger partial charge in [-0.1, -0.05) is 19.0 Å². The molecular weight excluding hydrogens is 210 g/mol. The van der Waals surface area contributed by atoms with E-state index in [1.54, 1.807) is 6.92 Å². The summed E-state index contributed by atoms with van der Waals surface area (Å²) < 4.78 is 4.75. The maximum Gasteiger partial charge on any atom is 0.314 e. The van der Waals surface area contributed by atoms with Gasteiger partial charge in [-0.15, -0.1) is 0 Å². The van der Waals surface area contributed by atoms with Crippen LogP contribution in [0.4, 0.5) is 5.82 Å². The number of carbonyl (C=O) groups is 2. The van der Waals surface area contributed by atoms with Crippen molar-refractivity contribution < 1.29 is 14.1 Å². The number of carbonyl (C=O) groups excluding carboxylic acids is 2. The van der Waals surface area contributed by atoms with Gasteiger partial charge >= 0.3 is 11.8 Å². The lowest BCUT2D eigenvalue weighted by molar-refractivity contribution is -0.136. The van der Waals surface area contributed by atoms with E-state index >= 15 is 0 Å². The van der Waals surface area contributed by atoms with Crippen LogP contribution in [0.2, 0.25) is 0 Å². The molecule has 0 aromatic carbocycles. The monoisotopic (exact) mass is 225 g/mol. The Labute approximate surface area is 93.4 Å². The van der Waals surface area contributed by atoms with E-state index in [0.717, 1.165) is 0 Å². The Morgan fingerprint density at radius 2 is 2.12 bits per heavy atom. The summed E-state index contributed by atoms with van der Waals surface area (Å²) in [6.45, 7) is 6.05. The van der Waals surface area contributed by atoms with E-state index < -0.39 is 11.8 Å². The maximum atomic E-state index is 11.3. The number of rotatable bonds is 3. The number of nitrogens with one attached hydrogen (secondary N) is 2. The van der Waals surface area contributed by atoms with Crippen LogP contribution in [-0.2, 0) is 9.59 Å². The first-order chi connectivity index (χ1) is 7.49. The van der Waals surface area contributed by atoms with Gasteiger partial charge in [-0.05, 0) is 12.8 Å². The van der Waals surface area contributed by atoms with Crippen LogP contribution in [0.1, 0.15) is 19.6 Å². The molecule has 2 amide bonds. The van der Waals surface area contributed by atoms with Gasteiger partial charge in [-0.25, -0.2) is 0 Å². The van der Waals surface area contributed by atoms with Crippen LogP contribution in [-0.4, -0.2) is 23.5 Å². The van der Waals surface area contributed by atoms with Gasteiger partial charge in [0.05, 0.1) is 0 Å². The molecule has 0 atom stereocenters. The lowest BCUT2D eigenvalue weighted by Gasteiger charge is -2.06. The van der Waals surface area contributed by atoms with Gasteiger partial charge in [0.1, 0.15) is 5.76 Å². The number of hydrogen-bond donors (Lipinski definition) is 2. The highest BCUT2D eigenvalue weighted by molar-refractivity contribution is 6.39. The smallest absolute Gasteiger partial charge is 0.314 e. The molecule has 0 saturated carbocycles. The van der Waals surface area contributed by atoms with Crippen molar-refractivity contribution in [2.75, 3.05) is 11.9 Å². The second-order valence-electron chi connectivity index (χ2n) is 3.88. The maximum absolute atomic E-state index is 11.3. The van der Waals surface area contributed by atoms with Gasteiger partial charge in [-0.3, -0.25) is 14.9 Å². The molecule has 0 radical (unpaired) electrons. The zero-order valence-corrected chi connectivity index (χ0v) is 9.53. The number of aryl methyl sites for hydroxylation is 1. The first-order valence-corrected chi connectivity index (χ1v) is 5.01. The summed E-state index contributed by atoms with van der Waals surface area (Å²) in [7, 11) is 0. The molecular formula is C10H15N3O3. The van der Waals surface area contributed by atoms with Crippen molar-refractivity contribution in [3.8, 4) is 0 Å². The van der Waals surface area contributed by atoms with E-state index in [1.807, 2.05) is 13.8 Å². The molecule has 0 aliphatic rings. The second kappa shape index (κ2) is 5.29. The van der Waals surface area contributed by atoms with Crippen molar-refractivity contribution in [1.29, 1.82) is 0 Å². The van der Waals surface area contributed by atoms with Crippen molar-refractivity contribution >= 4 is 17.6 Å². The standard InChI is InChI=1S/C10H15N3O3/c1-6(2)5-11-9(14)10(15)12-8-4-7(3)16-13-8/h4,6H,5H2,1-3H3,(H,11,14)(H,12,13,15). The van der Waals surface area contributed by atoms with E-state index in [0.29, 0.717) is 18.2 Å². The summed E-state index contributed by atoms with van der Waals surface area (Å²) in [5.74, 6) is -0.311. The highest BCUT2D eigenvalue weighted by Crippen LogP contribution is 2.06. The van der Waals surface area contributed by atoms with Crippen LogP contribution in [0.5, 0.6) is 0 Å². The second-order valence-corrected chi connectivity index (χ2v) is 3.88. The van der Waals surface area contributed by atoms with Crippen LogP contribution < -0.4 is 10.6 Å². The van der Waals surface area contributed by atoms with E-state index in [1.165, 1.54) is 6.07 Å². The fourth-order valence-electron chi connectivity index (χ4n) is 0.976. The molecule has 6 nitrogen and oxygen atoms in total. The predicted octanol–water partition coefficient (Wildman–Crippen LogP) is 0.694. The molecule has 1 aromatic heterocycles. The van der Waals surface area contributed by atoms with Gasteiger partial charge in [0, 0.05) is 12.6 Å². The number of aromatic nitrogens is 1. The number of amides is 2. The lowest BCUT2D eigenvalue weighted by atomic mass is 10.2. The Bertz CT molecular complexity index is 384. The fourth-order valence-corrected chi connectivity index (χ4v) is 0.976. The minimum absolute atomic E-state index is 0.238. The van der Waals surface area contributed by atoms with Gasteiger partial charge in [-0.2, -0.15) is 0 Å². The van der Waals surface area contributed by atoms with Gasteiger partial charge in [0.2, 0.25) is 0 Å². The average Bonchev–Trinajstić information content (AvgIpc) is 2.60. The highest BCUT2D eigenvalue weighted by Gasteiger charge is 2.15. The molecule has 0 fully saturated rings. The topological polar surface area (TPSA) is 84.2 Å². The molecule has 1 rings (SSSR count). The summed E-state index contributed by atoms with van der Waals surface area (Å²) in [5, 5.41) is 8.38. The van der Waals surface area contributed by atoms with Gasteiger partial charge < -0.3 is 9.84 Å².